The van der Waals surface area contributed by atoms with Crippen molar-refractivity contribution in [1.29, 1.82) is 0 Å². The Kier molecular flexibility index (Phi) is 6.91. The maximum absolute atomic E-state index is 12.6. The fourth-order valence-corrected chi connectivity index (χ4v) is 3.65. The number of anilines is 1. The van der Waals surface area contributed by atoms with Gasteiger partial charge in [0.1, 0.15) is 6.54 Å². The highest BCUT2D eigenvalue weighted by Crippen LogP contribution is 2.22. The number of nitrogens with one attached hydrogen (secondary N) is 2. The van der Waals surface area contributed by atoms with Crippen molar-refractivity contribution < 1.29 is 18.8 Å². The summed E-state index contributed by atoms with van der Waals surface area (Å²) in [6.07, 6.45) is 0. The van der Waals surface area contributed by atoms with Gasteiger partial charge in [-0.05, 0) is 48.6 Å². The molecule has 0 saturated heterocycles. The second-order valence-electron chi connectivity index (χ2n) is 6.75. The number of aromatic nitrogens is 2. The van der Waals surface area contributed by atoms with Crippen LogP contribution in [-0.4, -0.2) is 42.9 Å². The molecular formula is C20H25N4O3S+. The van der Waals surface area contributed by atoms with E-state index < -0.39 is 0 Å². The van der Waals surface area contributed by atoms with Crippen LogP contribution in [0.15, 0.2) is 40.1 Å². The predicted molar refractivity (Wildman–Crippen MR) is 108 cm³/mol. The minimum Gasteiger partial charge on any atom is -0.414 e. The van der Waals surface area contributed by atoms with E-state index in [1.165, 1.54) is 0 Å². The third-order valence-electron chi connectivity index (χ3n) is 4.18. The molecule has 2 N–H and O–H groups in total. The normalized spacial score (nSPS) is 12.1. The fraction of sp³-hybridized carbons (Fsp3) is 0.350. The minimum absolute atomic E-state index is 0.0610. The van der Waals surface area contributed by atoms with Gasteiger partial charge in [-0.15, -0.1) is 21.5 Å². The van der Waals surface area contributed by atoms with Gasteiger partial charge in [0.2, 0.25) is 0 Å². The van der Waals surface area contributed by atoms with E-state index in [2.05, 4.69) is 21.6 Å². The highest BCUT2D eigenvalue weighted by molar-refractivity contribution is 7.13. The lowest BCUT2D eigenvalue weighted by Crippen LogP contribution is -3.12. The number of methoxy groups -OCH3 is 1. The van der Waals surface area contributed by atoms with Gasteiger partial charge in [-0.2, -0.15) is 0 Å². The van der Waals surface area contributed by atoms with Gasteiger partial charge < -0.3 is 19.4 Å². The van der Waals surface area contributed by atoms with Gasteiger partial charge in [0.15, 0.2) is 13.1 Å². The van der Waals surface area contributed by atoms with Crippen molar-refractivity contribution in [2.45, 2.75) is 20.4 Å². The number of quaternary nitrogens is 1. The van der Waals surface area contributed by atoms with E-state index in [-0.39, 0.29) is 12.5 Å². The molecule has 0 fully saturated rings. The minimum atomic E-state index is -0.0610. The predicted octanol–water partition coefficient (Wildman–Crippen LogP) is 2.08. The van der Waals surface area contributed by atoms with Crippen LogP contribution >= 0.6 is 11.3 Å². The number of aryl methyl sites for hydroxylation is 2. The van der Waals surface area contributed by atoms with E-state index >= 15 is 0 Å². The van der Waals surface area contributed by atoms with E-state index in [0.29, 0.717) is 31.5 Å². The van der Waals surface area contributed by atoms with Crippen molar-refractivity contribution in [3.63, 3.8) is 0 Å². The number of benzene rings is 1. The van der Waals surface area contributed by atoms with E-state index in [4.69, 9.17) is 9.15 Å². The van der Waals surface area contributed by atoms with Crippen molar-refractivity contribution >= 4 is 22.9 Å². The number of hydrogen-bond donors (Lipinski definition) is 2. The second kappa shape index (κ2) is 9.59. The Hall–Kier alpha value is -2.55. The van der Waals surface area contributed by atoms with Gasteiger partial charge in [-0.25, -0.2) is 0 Å². The molecule has 0 saturated carbocycles. The molecule has 0 aliphatic carbocycles. The van der Waals surface area contributed by atoms with Crippen molar-refractivity contribution in [3.8, 4) is 10.8 Å². The first-order valence-electron chi connectivity index (χ1n) is 9.10. The third-order valence-corrected chi connectivity index (χ3v) is 5.03. The summed E-state index contributed by atoms with van der Waals surface area (Å²) in [6.45, 7) is 5.97. The van der Waals surface area contributed by atoms with Crippen molar-refractivity contribution in [3.05, 3.63) is 52.7 Å². The quantitative estimate of drug-likeness (QED) is 0.574. The molecule has 28 heavy (non-hydrogen) atoms. The Morgan fingerprint density at radius 2 is 2.04 bits per heavy atom. The summed E-state index contributed by atoms with van der Waals surface area (Å²) in [4.78, 5) is 14.5. The van der Waals surface area contributed by atoms with Gasteiger partial charge in [0.05, 0.1) is 11.5 Å². The van der Waals surface area contributed by atoms with Gasteiger partial charge in [-0.3, -0.25) is 4.79 Å². The summed E-state index contributed by atoms with van der Waals surface area (Å²) in [7, 11) is 1.65. The monoisotopic (exact) mass is 401 g/mol. The van der Waals surface area contributed by atoms with Crippen LogP contribution in [0.3, 0.4) is 0 Å². The molecule has 0 aliphatic heterocycles. The van der Waals surface area contributed by atoms with Crippen LogP contribution in [0.4, 0.5) is 5.69 Å². The van der Waals surface area contributed by atoms with Crippen LogP contribution in [0.5, 0.6) is 0 Å². The highest BCUT2D eigenvalue weighted by atomic mass is 32.1. The molecule has 2 heterocycles. The zero-order valence-corrected chi connectivity index (χ0v) is 17.1. The Morgan fingerprint density at radius 1 is 1.25 bits per heavy atom. The largest absolute Gasteiger partial charge is 0.414 e. The molecule has 8 heteroatoms. The van der Waals surface area contributed by atoms with Crippen molar-refractivity contribution in [2.24, 2.45) is 0 Å². The molecule has 3 aromatic rings. The summed E-state index contributed by atoms with van der Waals surface area (Å²) >= 11 is 1.55. The Bertz CT molecular complexity index is 888. The van der Waals surface area contributed by atoms with Crippen LogP contribution in [0.25, 0.3) is 10.8 Å². The van der Waals surface area contributed by atoms with E-state index in [9.17, 15) is 4.79 Å². The van der Waals surface area contributed by atoms with E-state index in [0.717, 1.165) is 26.6 Å². The van der Waals surface area contributed by atoms with Crippen molar-refractivity contribution in [1.82, 2.24) is 10.2 Å². The number of carbonyl (C=O) groups excluding carboxylic acids is 1. The summed E-state index contributed by atoms with van der Waals surface area (Å²) in [6, 6.07) is 9.88. The lowest BCUT2D eigenvalue weighted by atomic mass is 10.1. The molecule has 148 valence electrons. The maximum atomic E-state index is 12.6. The topological polar surface area (TPSA) is 81.7 Å². The molecule has 1 amide bonds. The zero-order valence-electron chi connectivity index (χ0n) is 16.3. The number of amides is 1. The number of ether oxygens (including phenoxy) is 1. The molecular weight excluding hydrogens is 376 g/mol. The average Bonchev–Trinajstić information content (AvgIpc) is 3.30. The van der Waals surface area contributed by atoms with Crippen LogP contribution in [0.2, 0.25) is 0 Å². The zero-order chi connectivity index (χ0) is 19.9. The molecule has 1 unspecified atom stereocenters. The van der Waals surface area contributed by atoms with E-state index in [1.54, 1.807) is 18.4 Å². The lowest BCUT2D eigenvalue weighted by molar-refractivity contribution is -0.907. The molecule has 3 rings (SSSR count). The van der Waals surface area contributed by atoms with Gasteiger partial charge >= 0.3 is 0 Å². The standard InChI is InChI=1S/C20H24N4O3S/c1-14-9-15(2)11-16(10-14)21-18(25)12-24(6-7-26-3)13-19-22-23-20(27-19)17-5-4-8-28-17/h4-5,8-11H,6-7,12-13H2,1-3H3,(H,21,25)/p+1. The smallest absolute Gasteiger partial charge is 0.279 e. The van der Waals surface area contributed by atoms with Gasteiger partial charge in [-0.1, -0.05) is 12.1 Å². The number of nitrogens with zero attached hydrogens (tertiary/aromatic N) is 2. The number of thiophene rings is 1. The molecule has 2 aromatic heterocycles. The third kappa shape index (κ3) is 5.72. The number of hydrogen-bond acceptors (Lipinski definition) is 6. The SMILES string of the molecule is COCC[NH+](CC(=O)Nc1cc(C)cc(C)c1)Cc1nnc(-c2cccs2)o1. The summed E-state index contributed by atoms with van der Waals surface area (Å²) in [5.74, 6) is 0.957. The van der Waals surface area contributed by atoms with Crippen LogP contribution in [-0.2, 0) is 16.1 Å². The van der Waals surface area contributed by atoms with Gasteiger partial charge in [0, 0.05) is 12.8 Å². The highest BCUT2D eigenvalue weighted by Gasteiger charge is 2.19. The van der Waals surface area contributed by atoms with Crippen LogP contribution in [0.1, 0.15) is 17.0 Å². The Balaban J connectivity index is 1.63. The Morgan fingerprint density at radius 3 is 2.71 bits per heavy atom. The molecule has 1 atom stereocenters. The average molecular weight is 402 g/mol. The maximum Gasteiger partial charge on any atom is 0.279 e. The molecule has 1 aromatic carbocycles. The first-order valence-corrected chi connectivity index (χ1v) is 9.98. The second-order valence-corrected chi connectivity index (χ2v) is 7.70. The van der Waals surface area contributed by atoms with Crippen LogP contribution < -0.4 is 10.2 Å². The first-order chi connectivity index (χ1) is 13.5. The van der Waals surface area contributed by atoms with Gasteiger partial charge in [0.25, 0.3) is 17.7 Å². The molecule has 7 nitrogen and oxygen atoms in total. The summed E-state index contributed by atoms with van der Waals surface area (Å²) < 4.78 is 11.0. The molecule has 0 radical (unpaired) electrons. The summed E-state index contributed by atoms with van der Waals surface area (Å²) in [5, 5.41) is 13.2. The van der Waals surface area contributed by atoms with Crippen LogP contribution in [0, 0.1) is 13.8 Å². The number of rotatable bonds is 9. The fourth-order valence-electron chi connectivity index (χ4n) is 3.00. The first kappa shape index (κ1) is 20.2. The Labute approximate surface area is 168 Å². The molecule has 0 spiro atoms. The molecule has 0 aliphatic rings. The lowest BCUT2D eigenvalue weighted by Gasteiger charge is -2.17. The van der Waals surface area contributed by atoms with Crippen molar-refractivity contribution in [2.75, 3.05) is 32.1 Å². The van der Waals surface area contributed by atoms with E-state index in [1.807, 2.05) is 43.5 Å². The summed E-state index contributed by atoms with van der Waals surface area (Å²) in [5.41, 5.74) is 3.04. The number of carbonyl (C=O) groups is 1. The molecule has 0 bridgehead atoms.